The molecule has 0 amide bonds. The standard InChI is InChI=1S/3C15H15.Cr/c3*1-12-7-3-5-9-14(12)11-15-10-6-4-8-13(15)2;/h3*3-11H,1-2H3;. The predicted octanol–water partition coefficient (Wildman–Crippen LogP) is 11.8. The van der Waals surface area contributed by atoms with Crippen molar-refractivity contribution in [2.75, 3.05) is 0 Å². The van der Waals surface area contributed by atoms with Gasteiger partial charge in [-0.1, -0.05) is 0 Å². The van der Waals surface area contributed by atoms with Crippen LogP contribution < -0.4 is 0 Å². The van der Waals surface area contributed by atoms with Crippen LogP contribution in [0.3, 0.4) is 0 Å². The van der Waals surface area contributed by atoms with Crippen LogP contribution in [0, 0.1) is 41.5 Å². The van der Waals surface area contributed by atoms with Gasteiger partial charge in [-0.25, -0.2) is 0 Å². The zero-order valence-electron chi connectivity index (χ0n) is 28.0. The number of rotatable bonds is 9. The fourth-order valence-corrected chi connectivity index (χ4v) is 13.6. The van der Waals surface area contributed by atoms with Gasteiger partial charge in [0.2, 0.25) is 0 Å². The van der Waals surface area contributed by atoms with E-state index in [9.17, 15) is 0 Å². The molecule has 0 N–H and O–H groups in total. The zero-order chi connectivity index (χ0) is 32.2. The van der Waals surface area contributed by atoms with E-state index in [2.05, 4.69) is 187 Å². The van der Waals surface area contributed by atoms with E-state index in [0.29, 0.717) is 0 Å². The van der Waals surface area contributed by atoms with Crippen LogP contribution in [0.25, 0.3) is 0 Å². The fourth-order valence-electron chi connectivity index (χ4n) is 7.08. The Bertz CT molecular complexity index is 1590. The Morgan fingerprint density at radius 1 is 0.261 bits per heavy atom. The molecule has 0 aliphatic rings. The Hall–Kier alpha value is -4.15. The zero-order valence-corrected chi connectivity index (χ0v) is 29.3. The van der Waals surface area contributed by atoms with Crippen LogP contribution in [-0.2, 0) is 14.1 Å². The third-order valence-corrected chi connectivity index (χ3v) is 14.6. The molecule has 0 unspecified atom stereocenters. The molecule has 6 rings (SSSR count). The first-order chi connectivity index (χ1) is 22.4. The molecular weight excluding hydrogens is 592 g/mol. The van der Waals surface area contributed by atoms with Crippen LogP contribution in [0.4, 0.5) is 0 Å². The van der Waals surface area contributed by atoms with E-state index in [1.165, 1.54) is 66.8 Å². The summed E-state index contributed by atoms with van der Waals surface area (Å²) in [4.78, 5) is 0. The van der Waals surface area contributed by atoms with E-state index < -0.39 is 14.1 Å². The second kappa shape index (κ2) is 14.1. The van der Waals surface area contributed by atoms with Crippen molar-refractivity contribution < 1.29 is 14.1 Å². The number of hydrogen-bond acceptors (Lipinski definition) is 0. The summed E-state index contributed by atoms with van der Waals surface area (Å²) in [6, 6.07) is 55.1. The number of hydrogen-bond donors (Lipinski definition) is 0. The van der Waals surface area contributed by atoms with Crippen LogP contribution in [0.5, 0.6) is 0 Å². The molecule has 1 heteroatoms. The van der Waals surface area contributed by atoms with Gasteiger partial charge >= 0.3 is 282 Å². The third-order valence-electron chi connectivity index (χ3n) is 9.64. The molecule has 0 bridgehead atoms. The Kier molecular flexibility index (Phi) is 9.75. The molecule has 231 valence electrons. The van der Waals surface area contributed by atoms with Crippen molar-refractivity contribution in [1.29, 1.82) is 0 Å². The fraction of sp³-hybridized carbons (Fsp3) is 0.200. The van der Waals surface area contributed by atoms with Gasteiger partial charge in [0.25, 0.3) is 0 Å². The second-order valence-corrected chi connectivity index (χ2v) is 16.2. The van der Waals surface area contributed by atoms with Gasteiger partial charge in [-0.15, -0.1) is 0 Å². The first kappa shape index (κ1) is 31.8. The Balaban J connectivity index is 1.82. The summed E-state index contributed by atoms with van der Waals surface area (Å²) in [6.07, 6.45) is 0. The molecule has 0 saturated heterocycles. The van der Waals surface area contributed by atoms with E-state index >= 15 is 0 Å². The summed E-state index contributed by atoms with van der Waals surface area (Å²) in [5.74, 6) is 0. The van der Waals surface area contributed by atoms with Gasteiger partial charge in [0.1, 0.15) is 0 Å². The van der Waals surface area contributed by atoms with Crippen molar-refractivity contribution >= 4 is 0 Å². The topological polar surface area (TPSA) is 0 Å². The van der Waals surface area contributed by atoms with Gasteiger partial charge < -0.3 is 0 Å². The molecular formula is C45H45Cr. The quantitative estimate of drug-likeness (QED) is 0.148. The molecule has 0 spiro atoms. The van der Waals surface area contributed by atoms with E-state index in [1.54, 1.807) is 0 Å². The van der Waals surface area contributed by atoms with Crippen LogP contribution in [0.1, 0.15) is 81.1 Å². The van der Waals surface area contributed by atoms with Gasteiger partial charge in [-0.2, -0.15) is 0 Å². The van der Waals surface area contributed by atoms with E-state index in [4.69, 9.17) is 0 Å². The number of benzene rings is 6. The second-order valence-electron chi connectivity index (χ2n) is 12.7. The van der Waals surface area contributed by atoms with Crippen molar-refractivity contribution in [2.45, 2.75) is 55.9 Å². The summed E-state index contributed by atoms with van der Waals surface area (Å²) in [5, 5.41) is 0. The van der Waals surface area contributed by atoms with Gasteiger partial charge in [-0.05, 0) is 0 Å². The van der Waals surface area contributed by atoms with E-state index in [-0.39, 0.29) is 14.3 Å². The van der Waals surface area contributed by atoms with Crippen molar-refractivity contribution in [3.63, 3.8) is 0 Å². The first-order valence-electron chi connectivity index (χ1n) is 16.4. The maximum atomic E-state index is 2.42. The first-order valence-corrected chi connectivity index (χ1v) is 18.6. The van der Waals surface area contributed by atoms with Gasteiger partial charge in [-0.3, -0.25) is 0 Å². The SMILES string of the molecule is Cc1ccccc1[CH](c1ccccc1C)[Cr]([CH](c1ccccc1C)c1ccccc1C)[CH](c1ccccc1C)c1ccccc1C. The Morgan fingerprint density at radius 2 is 0.413 bits per heavy atom. The molecule has 46 heavy (non-hydrogen) atoms. The summed E-state index contributed by atoms with van der Waals surface area (Å²) in [7, 11) is 0. The summed E-state index contributed by atoms with van der Waals surface area (Å²) < 4.78 is 0.738. The van der Waals surface area contributed by atoms with Crippen molar-refractivity contribution in [3.8, 4) is 0 Å². The predicted molar refractivity (Wildman–Crippen MR) is 193 cm³/mol. The molecule has 0 fully saturated rings. The van der Waals surface area contributed by atoms with Crippen molar-refractivity contribution in [2.24, 2.45) is 0 Å². The maximum absolute atomic E-state index is 2.42. The molecule has 6 aromatic carbocycles. The van der Waals surface area contributed by atoms with Crippen molar-refractivity contribution in [1.82, 2.24) is 0 Å². The summed E-state index contributed by atoms with van der Waals surface area (Å²) >= 11 is -1.88. The molecule has 0 nitrogen and oxygen atoms in total. The van der Waals surface area contributed by atoms with Crippen LogP contribution in [-0.4, -0.2) is 0 Å². The molecule has 0 aliphatic carbocycles. The van der Waals surface area contributed by atoms with Crippen LogP contribution in [0.15, 0.2) is 146 Å². The van der Waals surface area contributed by atoms with Gasteiger partial charge in [0, 0.05) is 0 Å². The monoisotopic (exact) mass is 637 g/mol. The molecule has 0 radical (unpaired) electrons. The Morgan fingerprint density at radius 3 is 0.565 bits per heavy atom. The van der Waals surface area contributed by atoms with E-state index in [1.807, 2.05) is 0 Å². The summed E-state index contributed by atoms with van der Waals surface area (Å²) in [6.45, 7) is 13.9. The normalized spacial score (nSPS) is 11.6. The summed E-state index contributed by atoms with van der Waals surface area (Å²) in [5.41, 5.74) is 17.0. The van der Waals surface area contributed by atoms with Gasteiger partial charge in [0.15, 0.2) is 0 Å². The van der Waals surface area contributed by atoms with Crippen LogP contribution in [0.2, 0.25) is 0 Å². The molecule has 0 saturated carbocycles. The van der Waals surface area contributed by atoms with E-state index in [0.717, 1.165) is 0 Å². The van der Waals surface area contributed by atoms with Crippen LogP contribution >= 0.6 is 0 Å². The van der Waals surface area contributed by atoms with Crippen molar-refractivity contribution in [3.05, 3.63) is 212 Å². The Labute approximate surface area is 281 Å². The molecule has 0 heterocycles. The van der Waals surface area contributed by atoms with Gasteiger partial charge in [0.05, 0.1) is 0 Å². The minimum absolute atomic E-state index is 0.246. The number of aryl methyl sites for hydroxylation is 6. The molecule has 6 aromatic rings. The minimum atomic E-state index is -1.88. The average molecular weight is 638 g/mol. The molecule has 0 aromatic heterocycles. The molecule has 0 aliphatic heterocycles. The third kappa shape index (κ3) is 6.28. The molecule has 0 atom stereocenters. The average Bonchev–Trinajstić information content (AvgIpc) is 3.06.